The number of imide groups is 1. The first-order valence-electron chi connectivity index (χ1n) is 10.1. The van der Waals surface area contributed by atoms with Crippen LogP contribution in [0.3, 0.4) is 0 Å². The van der Waals surface area contributed by atoms with Gasteiger partial charge >= 0.3 is 5.97 Å². The molecule has 154 valence electrons. The molecule has 2 aliphatic carbocycles. The van der Waals surface area contributed by atoms with Crippen molar-refractivity contribution in [3.05, 3.63) is 34.9 Å². The van der Waals surface area contributed by atoms with Gasteiger partial charge in [0.25, 0.3) is 0 Å². The fraction of sp³-hybridized carbons (Fsp3) is 0.545. The first kappa shape index (κ1) is 20.1. The molecule has 2 saturated carbocycles. The minimum atomic E-state index is -1.00. The molecular formula is C22H24ClNO5. The Hall–Kier alpha value is -2.21. The average Bonchev–Trinajstić information content (AvgIpc) is 3.36. The summed E-state index contributed by atoms with van der Waals surface area (Å²) in [5, 5.41) is 0.504. The minimum absolute atomic E-state index is 0.244. The van der Waals surface area contributed by atoms with Gasteiger partial charge in [-0.2, -0.15) is 0 Å². The average molecular weight is 418 g/mol. The Kier molecular flexibility index (Phi) is 5.23. The van der Waals surface area contributed by atoms with Crippen molar-refractivity contribution >= 4 is 35.2 Å². The molecule has 0 radical (unpaired) electrons. The number of halogens is 1. The van der Waals surface area contributed by atoms with E-state index >= 15 is 0 Å². The molecule has 29 heavy (non-hydrogen) atoms. The van der Waals surface area contributed by atoms with Crippen LogP contribution in [0.1, 0.15) is 43.5 Å². The van der Waals surface area contributed by atoms with Gasteiger partial charge in [-0.3, -0.25) is 19.3 Å². The van der Waals surface area contributed by atoms with Crippen LogP contribution in [-0.2, 0) is 19.1 Å². The Labute approximate surface area is 174 Å². The van der Waals surface area contributed by atoms with E-state index in [2.05, 4.69) is 0 Å². The molecule has 1 aliphatic heterocycles. The molecule has 1 heterocycles. The number of ketones is 1. The lowest BCUT2D eigenvalue weighted by molar-refractivity contribution is -0.160. The number of amides is 2. The van der Waals surface area contributed by atoms with Crippen molar-refractivity contribution in [1.82, 2.24) is 4.90 Å². The number of likely N-dealkylation sites (tertiary alicyclic amines) is 1. The van der Waals surface area contributed by atoms with E-state index in [4.69, 9.17) is 16.3 Å². The van der Waals surface area contributed by atoms with E-state index in [9.17, 15) is 19.2 Å². The summed E-state index contributed by atoms with van der Waals surface area (Å²) in [6.07, 6.45) is 2.89. The third-order valence-electron chi connectivity index (χ3n) is 6.62. The topological polar surface area (TPSA) is 80.8 Å². The van der Waals surface area contributed by atoms with Crippen LogP contribution in [0.2, 0.25) is 5.02 Å². The van der Waals surface area contributed by atoms with Crippen molar-refractivity contribution in [2.24, 2.45) is 29.6 Å². The number of rotatable bonds is 6. The molecule has 2 bridgehead atoms. The number of hydrogen-bond donors (Lipinski definition) is 0. The van der Waals surface area contributed by atoms with Crippen LogP contribution in [0.25, 0.3) is 0 Å². The van der Waals surface area contributed by atoms with Gasteiger partial charge in [-0.05, 0) is 61.3 Å². The summed E-state index contributed by atoms with van der Waals surface area (Å²) in [7, 11) is 0. The molecule has 3 aliphatic rings. The highest BCUT2D eigenvalue weighted by molar-refractivity contribution is 6.30. The van der Waals surface area contributed by atoms with Crippen LogP contribution >= 0.6 is 11.6 Å². The van der Waals surface area contributed by atoms with E-state index in [1.165, 1.54) is 0 Å². The smallest absolute Gasteiger partial charge is 0.330 e. The standard InChI is InChI=1S/C22H24ClNO5/c1-11(2)19(22(28)29-10-16(25)12-5-7-15(23)8-6-12)24-20(26)17-13-3-4-14(9-13)18(17)21(24)27/h5-8,11,13-14,17-19H,3-4,9-10H2,1-2H3/t13-,14+,17-,18-,19-/m0/s1. The molecule has 3 fully saturated rings. The first-order chi connectivity index (χ1) is 13.8. The highest BCUT2D eigenvalue weighted by atomic mass is 35.5. The summed E-state index contributed by atoms with van der Waals surface area (Å²) < 4.78 is 5.24. The predicted octanol–water partition coefficient (Wildman–Crippen LogP) is 3.12. The predicted molar refractivity (Wildman–Crippen MR) is 105 cm³/mol. The van der Waals surface area contributed by atoms with Crippen LogP contribution in [0.15, 0.2) is 24.3 Å². The molecule has 7 heteroatoms. The molecule has 0 unspecified atom stereocenters. The normalized spacial score (nSPS) is 28.8. The monoisotopic (exact) mass is 417 g/mol. The van der Waals surface area contributed by atoms with Crippen molar-refractivity contribution in [1.29, 1.82) is 0 Å². The van der Waals surface area contributed by atoms with E-state index in [1.807, 2.05) is 0 Å². The molecule has 0 aromatic heterocycles. The third kappa shape index (κ3) is 3.37. The van der Waals surface area contributed by atoms with Crippen LogP contribution in [0.5, 0.6) is 0 Å². The summed E-state index contributed by atoms with van der Waals surface area (Å²) in [5.41, 5.74) is 0.378. The van der Waals surface area contributed by atoms with Crippen LogP contribution in [0, 0.1) is 29.6 Å². The molecule has 1 aromatic rings. The third-order valence-corrected chi connectivity index (χ3v) is 6.88. The Morgan fingerprint density at radius 2 is 1.62 bits per heavy atom. The van der Waals surface area contributed by atoms with Gasteiger partial charge in [-0.15, -0.1) is 0 Å². The van der Waals surface area contributed by atoms with E-state index in [1.54, 1.807) is 38.1 Å². The zero-order valence-corrected chi connectivity index (χ0v) is 17.2. The Morgan fingerprint density at radius 3 is 2.14 bits per heavy atom. The summed E-state index contributed by atoms with van der Waals surface area (Å²) in [4.78, 5) is 52.3. The van der Waals surface area contributed by atoms with Gasteiger partial charge in [-0.1, -0.05) is 25.4 Å². The van der Waals surface area contributed by atoms with Crippen molar-refractivity contribution in [2.45, 2.75) is 39.2 Å². The quantitative estimate of drug-likeness (QED) is 0.403. The van der Waals surface area contributed by atoms with Crippen molar-refractivity contribution in [3.8, 4) is 0 Å². The number of fused-ring (bicyclic) bond motifs is 5. The molecule has 1 aromatic carbocycles. The number of benzene rings is 1. The first-order valence-corrected chi connectivity index (χ1v) is 10.5. The number of hydrogen-bond acceptors (Lipinski definition) is 5. The molecule has 1 saturated heterocycles. The summed E-state index contributed by atoms with van der Waals surface area (Å²) in [5.74, 6) is -1.94. The van der Waals surface area contributed by atoms with Gasteiger partial charge in [0.1, 0.15) is 6.04 Å². The van der Waals surface area contributed by atoms with Crippen molar-refractivity contribution < 1.29 is 23.9 Å². The molecule has 2 amide bonds. The summed E-state index contributed by atoms with van der Waals surface area (Å²) in [6, 6.07) is 5.29. The highest BCUT2D eigenvalue weighted by Crippen LogP contribution is 2.56. The van der Waals surface area contributed by atoms with Crippen LogP contribution in [-0.4, -0.2) is 41.1 Å². The molecule has 5 atom stereocenters. The van der Waals surface area contributed by atoms with E-state index < -0.39 is 18.6 Å². The second kappa shape index (κ2) is 7.56. The van der Waals surface area contributed by atoms with Gasteiger partial charge in [-0.25, -0.2) is 4.79 Å². The number of carbonyl (C=O) groups is 4. The Bertz CT molecular complexity index is 836. The van der Waals surface area contributed by atoms with Gasteiger partial charge in [0.05, 0.1) is 11.8 Å². The summed E-state index contributed by atoms with van der Waals surface area (Å²) >= 11 is 5.82. The van der Waals surface area contributed by atoms with Crippen LogP contribution in [0.4, 0.5) is 0 Å². The lowest BCUT2D eigenvalue weighted by Crippen LogP contribution is -2.50. The maximum absolute atomic E-state index is 13.0. The van der Waals surface area contributed by atoms with Crippen molar-refractivity contribution in [3.63, 3.8) is 0 Å². The maximum Gasteiger partial charge on any atom is 0.330 e. The second-order valence-electron chi connectivity index (χ2n) is 8.66. The largest absolute Gasteiger partial charge is 0.456 e. The minimum Gasteiger partial charge on any atom is -0.456 e. The van der Waals surface area contributed by atoms with Crippen LogP contribution < -0.4 is 0 Å². The second-order valence-corrected chi connectivity index (χ2v) is 9.09. The zero-order valence-electron chi connectivity index (χ0n) is 16.5. The highest BCUT2D eigenvalue weighted by Gasteiger charge is 2.62. The fourth-order valence-electron chi connectivity index (χ4n) is 5.32. The number of carbonyl (C=O) groups excluding carboxylic acids is 4. The van der Waals surface area contributed by atoms with E-state index in [0.29, 0.717) is 10.6 Å². The molecular weight excluding hydrogens is 394 g/mol. The van der Waals surface area contributed by atoms with E-state index in [-0.39, 0.29) is 47.2 Å². The van der Waals surface area contributed by atoms with E-state index in [0.717, 1.165) is 24.2 Å². The molecule has 0 spiro atoms. The Balaban J connectivity index is 1.47. The van der Waals surface area contributed by atoms with Gasteiger partial charge in [0.15, 0.2) is 12.4 Å². The molecule has 4 rings (SSSR count). The number of esters is 1. The Morgan fingerprint density at radius 1 is 1.07 bits per heavy atom. The zero-order chi connectivity index (χ0) is 20.9. The number of nitrogens with zero attached hydrogens (tertiary/aromatic N) is 1. The molecule has 6 nitrogen and oxygen atoms in total. The van der Waals surface area contributed by atoms with Gasteiger partial charge in [0.2, 0.25) is 11.8 Å². The number of Topliss-reactive ketones (excluding diaryl/α,β-unsaturated/α-hetero) is 1. The number of ether oxygens (including phenoxy) is 1. The van der Waals surface area contributed by atoms with Crippen molar-refractivity contribution in [2.75, 3.05) is 6.61 Å². The SMILES string of the molecule is CC(C)[C@@H](C(=O)OCC(=O)c1ccc(Cl)cc1)N1C(=O)[C@H]2[C@@H]3CC[C@@H](C3)[C@@H]2C1=O. The molecule has 0 N–H and O–H groups in total. The van der Waals surface area contributed by atoms with Gasteiger partial charge < -0.3 is 4.74 Å². The summed E-state index contributed by atoms with van der Waals surface area (Å²) in [6.45, 7) is 3.10. The maximum atomic E-state index is 13.0. The fourth-order valence-corrected chi connectivity index (χ4v) is 5.45. The lowest BCUT2D eigenvalue weighted by Gasteiger charge is -2.28. The van der Waals surface area contributed by atoms with Gasteiger partial charge in [0, 0.05) is 10.6 Å². The lowest BCUT2D eigenvalue weighted by atomic mass is 9.81.